The average molecular weight is 549 g/mol. The van der Waals surface area contributed by atoms with Crippen LogP contribution in [0.1, 0.15) is 81.1 Å². The highest BCUT2D eigenvalue weighted by Crippen LogP contribution is 2.24. The lowest BCUT2D eigenvalue weighted by Crippen LogP contribution is -2.46. The lowest BCUT2D eigenvalue weighted by atomic mass is 10.0. The second-order valence-electron chi connectivity index (χ2n) is 10.1. The molecule has 1 heterocycles. The summed E-state index contributed by atoms with van der Waals surface area (Å²) in [6.07, 6.45) is 11.5. The van der Waals surface area contributed by atoms with Gasteiger partial charge in [-0.25, -0.2) is 4.79 Å². The number of carbonyl (C=O) groups excluding carboxylic acids is 1. The van der Waals surface area contributed by atoms with E-state index in [0.717, 1.165) is 51.4 Å². The lowest BCUT2D eigenvalue weighted by Gasteiger charge is -2.29. The zero-order chi connectivity index (χ0) is 28.9. The number of unbranched alkanes of at least 4 members (excludes halogenated alkanes) is 6. The number of aliphatic carboxylic acids is 1. The van der Waals surface area contributed by atoms with Gasteiger partial charge in [0.2, 0.25) is 0 Å². The zero-order valence-corrected chi connectivity index (χ0v) is 23.4. The summed E-state index contributed by atoms with van der Waals surface area (Å²) in [6.45, 7) is 5.60. The second kappa shape index (κ2) is 15.5. The van der Waals surface area contributed by atoms with Crippen LogP contribution in [0.2, 0.25) is 0 Å². The van der Waals surface area contributed by atoms with Gasteiger partial charge in [0.15, 0.2) is 0 Å². The van der Waals surface area contributed by atoms with E-state index in [1.807, 2.05) is 4.90 Å². The van der Waals surface area contributed by atoms with Gasteiger partial charge in [0.05, 0.1) is 5.56 Å². The standard InChI is InChI=1S/C31H40N4O5/c1-3-5-7-9-18-35(19-10-8-6-4-2)27-26(28(36)29(27)37)34-25(31(39)40)20-22-13-15-24(16-14-22)33-30(38)23-12-11-17-32-21-23/h11-17,21,25,34H,3-10,18-20H2,1-2H3,(H,33,38)(H,39,40). The number of nitrogens with one attached hydrogen (secondary N) is 2. The van der Waals surface area contributed by atoms with Crippen LogP contribution < -0.4 is 26.4 Å². The fraction of sp³-hybridized carbons (Fsp3) is 0.452. The molecule has 0 saturated carbocycles. The molecule has 0 aliphatic rings. The molecule has 2 aromatic carbocycles. The van der Waals surface area contributed by atoms with Crippen molar-refractivity contribution in [3.05, 3.63) is 80.4 Å². The van der Waals surface area contributed by atoms with Crippen LogP contribution in [0.25, 0.3) is 0 Å². The van der Waals surface area contributed by atoms with Gasteiger partial charge in [0, 0.05) is 37.6 Å². The van der Waals surface area contributed by atoms with Crippen molar-refractivity contribution in [1.82, 2.24) is 4.98 Å². The van der Waals surface area contributed by atoms with Gasteiger partial charge in [0.25, 0.3) is 16.8 Å². The van der Waals surface area contributed by atoms with Crippen molar-refractivity contribution in [2.45, 2.75) is 77.7 Å². The van der Waals surface area contributed by atoms with Crippen molar-refractivity contribution in [2.75, 3.05) is 28.6 Å². The van der Waals surface area contributed by atoms with Gasteiger partial charge in [-0.05, 0) is 42.7 Å². The molecule has 9 heteroatoms. The van der Waals surface area contributed by atoms with Crippen LogP contribution in [0.3, 0.4) is 0 Å². The van der Waals surface area contributed by atoms with Gasteiger partial charge in [-0.15, -0.1) is 0 Å². The van der Waals surface area contributed by atoms with Gasteiger partial charge in [0.1, 0.15) is 17.4 Å². The van der Waals surface area contributed by atoms with Crippen molar-refractivity contribution in [3.8, 4) is 0 Å². The van der Waals surface area contributed by atoms with Crippen molar-refractivity contribution < 1.29 is 14.7 Å². The SMILES string of the molecule is CCCCCCN(CCCCCC)c1c(NC(Cc2ccc(NC(=O)c3cccnc3)cc2)C(=O)O)c(=O)c1=O. The Morgan fingerprint density at radius 1 is 0.900 bits per heavy atom. The first-order chi connectivity index (χ1) is 19.3. The number of benzene rings is 1. The van der Waals surface area contributed by atoms with Gasteiger partial charge in [-0.1, -0.05) is 64.5 Å². The molecule has 0 aliphatic carbocycles. The van der Waals surface area contributed by atoms with E-state index < -0.39 is 22.9 Å². The number of hydrogen-bond donors (Lipinski definition) is 3. The van der Waals surface area contributed by atoms with E-state index in [2.05, 4.69) is 29.5 Å². The molecule has 1 amide bonds. The predicted octanol–water partition coefficient (Wildman–Crippen LogP) is 5.00. The molecule has 0 bridgehead atoms. The maximum atomic E-state index is 12.7. The molecule has 0 radical (unpaired) electrons. The van der Waals surface area contributed by atoms with Gasteiger partial charge in [-0.3, -0.25) is 19.4 Å². The van der Waals surface area contributed by atoms with Crippen LogP contribution in [0.15, 0.2) is 58.4 Å². The lowest BCUT2D eigenvalue weighted by molar-refractivity contribution is -0.137. The fourth-order valence-electron chi connectivity index (χ4n) is 4.64. The van der Waals surface area contributed by atoms with Crippen LogP contribution >= 0.6 is 0 Å². The van der Waals surface area contributed by atoms with Crippen LogP contribution in [0.4, 0.5) is 17.1 Å². The number of anilines is 3. The molecule has 1 atom stereocenters. The topological polar surface area (TPSA) is 129 Å². The molecule has 0 aliphatic heterocycles. The van der Waals surface area contributed by atoms with Crippen molar-refractivity contribution in [3.63, 3.8) is 0 Å². The minimum absolute atomic E-state index is 0.0947. The van der Waals surface area contributed by atoms with E-state index in [1.165, 1.54) is 6.20 Å². The first kappa shape index (κ1) is 30.5. The van der Waals surface area contributed by atoms with Crippen molar-refractivity contribution in [1.29, 1.82) is 0 Å². The molecule has 40 heavy (non-hydrogen) atoms. The number of aromatic nitrogens is 1. The highest BCUT2D eigenvalue weighted by molar-refractivity contribution is 6.04. The Hall–Kier alpha value is -4.01. The summed E-state index contributed by atoms with van der Waals surface area (Å²) in [5.41, 5.74) is 0.893. The van der Waals surface area contributed by atoms with Gasteiger partial charge in [-0.2, -0.15) is 0 Å². The van der Waals surface area contributed by atoms with Gasteiger partial charge >= 0.3 is 5.97 Å². The third-order valence-electron chi connectivity index (χ3n) is 6.96. The normalized spacial score (nSPS) is 11.8. The molecule has 214 valence electrons. The number of nitrogens with zero attached hydrogens (tertiary/aromatic N) is 2. The highest BCUT2D eigenvalue weighted by Gasteiger charge is 2.29. The van der Waals surface area contributed by atoms with E-state index in [-0.39, 0.29) is 18.0 Å². The molecule has 1 unspecified atom stereocenters. The maximum Gasteiger partial charge on any atom is 0.326 e. The molecule has 0 saturated heterocycles. The van der Waals surface area contributed by atoms with E-state index >= 15 is 0 Å². The maximum absolute atomic E-state index is 12.7. The highest BCUT2D eigenvalue weighted by atomic mass is 16.4. The Labute approximate surface area is 235 Å². The molecule has 3 aromatic rings. The molecule has 0 fully saturated rings. The molecular weight excluding hydrogens is 508 g/mol. The Kier molecular flexibility index (Phi) is 11.9. The fourth-order valence-corrected chi connectivity index (χ4v) is 4.64. The summed E-state index contributed by atoms with van der Waals surface area (Å²) < 4.78 is 0. The molecular formula is C31H40N4O5. The third-order valence-corrected chi connectivity index (χ3v) is 6.96. The van der Waals surface area contributed by atoms with Crippen LogP contribution in [-0.4, -0.2) is 41.1 Å². The molecule has 3 rings (SSSR count). The van der Waals surface area contributed by atoms with Crippen molar-refractivity contribution >= 4 is 28.9 Å². The summed E-state index contributed by atoms with van der Waals surface area (Å²) in [5, 5.41) is 15.6. The number of hydrogen-bond acceptors (Lipinski definition) is 7. The second-order valence-corrected chi connectivity index (χ2v) is 10.1. The first-order valence-electron chi connectivity index (χ1n) is 14.2. The zero-order valence-electron chi connectivity index (χ0n) is 23.4. The number of amides is 1. The van der Waals surface area contributed by atoms with E-state index in [0.29, 0.717) is 35.6 Å². The van der Waals surface area contributed by atoms with Gasteiger partial charge < -0.3 is 20.6 Å². The van der Waals surface area contributed by atoms with Crippen LogP contribution in [-0.2, 0) is 11.2 Å². The smallest absolute Gasteiger partial charge is 0.326 e. The monoisotopic (exact) mass is 548 g/mol. The largest absolute Gasteiger partial charge is 0.480 e. The minimum atomic E-state index is -1.12. The third kappa shape index (κ3) is 8.49. The minimum Gasteiger partial charge on any atom is -0.480 e. The quantitative estimate of drug-likeness (QED) is 0.150. The number of pyridine rings is 1. The molecule has 9 nitrogen and oxygen atoms in total. The number of carboxylic acids is 1. The number of carboxylic acid groups (broad SMARTS) is 1. The summed E-state index contributed by atoms with van der Waals surface area (Å²) in [7, 11) is 0. The molecule has 1 aromatic heterocycles. The predicted molar refractivity (Wildman–Crippen MR) is 159 cm³/mol. The average Bonchev–Trinajstić information content (AvgIpc) is 2.97. The number of rotatable bonds is 18. The Morgan fingerprint density at radius 2 is 1.55 bits per heavy atom. The molecule has 0 spiro atoms. The van der Waals surface area contributed by atoms with Crippen LogP contribution in [0.5, 0.6) is 0 Å². The van der Waals surface area contributed by atoms with E-state index in [1.54, 1.807) is 42.6 Å². The number of carbonyl (C=O) groups is 2. The first-order valence-corrected chi connectivity index (χ1v) is 14.2. The van der Waals surface area contributed by atoms with Crippen molar-refractivity contribution in [2.24, 2.45) is 0 Å². The summed E-state index contributed by atoms with van der Waals surface area (Å²) in [4.78, 5) is 55.6. The summed E-state index contributed by atoms with van der Waals surface area (Å²) in [5.74, 6) is -1.42. The van der Waals surface area contributed by atoms with E-state index in [4.69, 9.17) is 0 Å². The summed E-state index contributed by atoms with van der Waals surface area (Å²) >= 11 is 0. The van der Waals surface area contributed by atoms with Crippen LogP contribution in [0, 0.1) is 0 Å². The Balaban J connectivity index is 1.70. The van der Waals surface area contributed by atoms with E-state index in [9.17, 15) is 24.3 Å². The Morgan fingerprint density at radius 3 is 2.10 bits per heavy atom. The molecule has 3 N–H and O–H groups in total. The summed E-state index contributed by atoms with van der Waals surface area (Å²) in [6, 6.07) is 9.09. The Bertz CT molecular complexity index is 1290.